The summed E-state index contributed by atoms with van der Waals surface area (Å²) in [5.74, 6) is -1.14. The van der Waals surface area contributed by atoms with Crippen LogP contribution in [0.2, 0.25) is 0 Å². The van der Waals surface area contributed by atoms with Crippen LogP contribution in [0.1, 0.15) is 12.0 Å². The van der Waals surface area contributed by atoms with Gasteiger partial charge in [0.1, 0.15) is 5.82 Å². The first-order valence-corrected chi connectivity index (χ1v) is 5.33. The minimum Gasteiger partial charge on any atom is -0.290 e. The summed E-state index contributed by atoms with van der Waals surface area (Å²) in [6.07, 6.45) is 5.34. The van der Waals surface area contributed by atoms with E-state index < -0.39 is 11.6 Å². The second kappa shape index (κ2) is 4.87. The molecular weight excluding hydrogens is 219 g/mol. The average molecular weight is 230 g/mol. The van der Waals surface area contributed by atoms with E-state index in [0.29, 0.717) is 6.42 Å². The molecule has 0 radical (unpaired) electrons. The lowest BCUT2D eigenvalue weighted by molar-refractivity contribution is -0.133. The van der Waals surface area contributed by atoms with Crippen LogP contribution in [0.5, 0.6) is 0 Å². The third kappa shape index (κ3) is 2.97. The zero-order valence-electron chi connectivity index (χ0n) is 9.15. The first kappa shape index (κ1) is 11.5. The molecule has 1 aromatic carbocycles. The number of allylic oxidation sites excluding steroid dienone is 4. The lowest BCUT2D eigenvalue weighted by Gasteiger charge is -2.04. The molecule has 86 valence electrons. The number of carbonyl (C=O) groups is 2. The van der Waals surface area contributed by atoms with Crippen LogP contribution in [-0.2, 0) is 16.0 Å². The normalized spacial score (nSPS) is 15.7. The van der Waals surface area contributed by atoms with Crippen molar-refractivity contribution in [3.63, 3.8) is 0 Å². The fraction of sp³-hybridized carbons (Fsp3) is 0.143. The summed E-state index contributed by atoms with van der Waals surface area (Å²) < 4.78 is 12.7. The van der Waals surface area contributed by atoms with E-state index in [1.807, 2.05) is 0 Å². The molecule has 0 N–H and O–H groups in total. The van der Waals surface area contributed by atoms with Crippen molar-refractivity contribution < 1.29 is 14.0 Å². The molecule has 2 rings (SSSR count). The van der Waals surface area contributed by atoms with Gasteiger partial charge in [-0.25, -0.2) is 4.39 Å². The van der Waals surface area contributed by atoms with Crippen molar-refractivity contribution in [1.29, 1.82) is 0 Å². The van der Waals surface area contributed by atoms with Crippen molar-refractivity contribution in [2.75, 3.05) is 0 Å². The molecule has 0 unspecified atom stereocenters. The van der Waals surface area contributed by atoms with E-state index in [1.165, 1.54) is 18.2 Å². The summed E-state index contributed by atoms with van der Waals surface area (Å²) in [6, 6.07) is 6.12. The summed E-state index contributed by atoms with van der Waals surface area (Å²) in [5, 5.41) is 0. The van der Waals surface area contributed by atoms with E-state index >= 15 is 0 Å². The zero-order valence-corrected chi connectivity index (χ0v) is 9.15. The first-order valence-electron chi connectivity index (χ1n) is 5.33. The van der Waals surface area contributed by atoms with Crippen molar-refractivity contribution in [3.05, 3.63) is 59.4 Å². The molecule has 0 heterocycles. The Morgan fingerprint density at radius 2 is 1.82 bits per heavy atom. The van der Waals surface area contributed by atoms with Crippen LogP contribution < -0.4 is 0 Å². The lowest BCUT2D eigenvalue weighted by Crippen LogP contribution is -2.10. The predicted octanol–water partition coefficient (Wildman–Crippen LogP) is 2.39. The number of rotatable bonds is 2. The number of Topliss-reactive ketones (excluding diaryl/α,β-unsaturated/α-hetero) is 1. The minimum atomic E-state index is -0.463. The fourth-order valence-electron chi connectivity index (χ4n) is 1.70. The van der Waals surface area contributed by atoms with Crippen LogP contribution in [0.4, 0.5) is 4.39 Å². The fourth-order valence-corrected chi connectivity index (χ4v) is 1.70. The molecule has 17 heavy (non-hydrogen) atoms. The van der Waals surface area contributed by atoms with Crippen molar-refractivity contribution in [2.45, 2.75) is 12.8 Å². The molecule has 0 fully saturated rings. The Morgan fingerprint density at radius 3 is 2.53 bits per heavy atom. The van der Waals surface area contributed by atoms with Gasteiger partial charge < -0.3 is 0 Å². The highest BCUT2D eigenvalue weighted by Gasteiger charge is 2.15. The van der Waals surface area contributed by atoms with E-state index in [0.717, 1.165) is 11.1 Å². The molecular formula is C14H11FO2. The van der Waals surface area contributed by atoms with Gasteiger partial charge in [-0.15, -0.1) is 0 Å². The van der Waals surface area contributed by atoms with Crippen LogP contribution in [-0.4, -0.2) is 11.6 Å². The number of carbonyl (C=O) groups excluding carboxylic acids is 2. The molecule has 1 aromatic rings. The summed E-state index contributed by atoms with van der Waals surface area (Å²) in [4.78, 5) is 22.5. The Hall–Kier alpha value is -2.03. The van der Waals surface area contributed by atoms with Crippen molar-refractivity contribution in [2.24, 2.45) is 0 Å². The maximum absolute atomic E-state index is 12.7. The van der Waals surface area contributed by atoms with Gasteiger partial charge in [0.2, 0.25) is 11.6 Å². The molecule has 1 aliphatic rings. The monoisotopic (exact) mass is 230 g/mol. The molecule has 1 aliphatic carbocycles. The van der Waals surface area contributed by atoms with E-state index in [4.69, 9.17) is 0 Å². The number of hydrogen-bond acceptors (Lipinski definition) is 2. The summed E-state index contributed by atoms with van der Waals surface area (Å²) in [6.45, 7) is 0. The summed E-state index contributed by atoms with van der Waals surface area (Å²) in [7, 11) is 0. The van der Waals surface area contributed by atoms with Crippen LogP contribution in [0.15, 0.2) is 48.1 Å². The number of hydrogen-bond donors (Lipinski definition) is 0. The van der Waals surface area contributed by atoms with E-state index in [9.17, 15) is 14.0 Å². The predicted molar refractivity (Wildman–Crippen MR) is 62.0 cm³/mol. The third-order valence-corrected chi connectivity index (χ3v) is 2.59. The van der Waals surface area contributed by atoms with Gasteiger partial charge >= 0.3 is 0 Å². The Morgan fingerprint density at radius 1 is 1.12 bits per heavy atom. The molecule has 0 atom stereocenters. The quantitative estimate of drug-likeness (QED) is 0.731. The van der Waals surface area contributed by atoms with Gasteiger partial charge in [-0.2, -0.15) is 0 Å². The standard InChI is InChI=1S/C14H11FO2/c15-12-6-4-10(5-7-12)8-11-2-1-3-13(16)14(17)9-11/h1-7H,8-9H2. The molecule has 0 aliphatic heterocycles. The molecule has 0 saturated carbocycles. The van der Waals surface area contributed by atoms with Gasteiger partial charge in [-0.3, -0.25) is 9.59 Å². The Balaban J connectivity index is 2.12. The van der Waals surface area contributed by atoms with Crippen molar-refractivity contribution >= 4 is 11.6 Å². The highest BCUT2D eigenvalue weighted by Crippen LogP contribution is 2.15. The van der Waals surface area contributed by atoms with Crippen LogP contribution in [0.25, 0.3) is 0 Å². The Bertz CT molecular complexity index is 510. The van der Waals surface area contributed by atoms with Gasteiger partial charge in [0, 0.05) is 6.42 Å². The lowest BCUT2D eigenvalue weighted by atomic mass is 10.0. The van der Waals surface area contributed by atoms with Gasteiger partial charge in [0.15, 0.2) is 0 Å². The first-order chi connectivity index (χ1) is 8.15. The van der Waals surface area contributed by atoms with Crippen LogP contribution >= 0.6 is 0 Å². The smallest absolute Gasteiger partial charge is 0.221 e. The van der Waals surface area contributed by atoms with Gasteiger partial charge in [0.25, 0.3) is 0 Å². The summed E-state index contributed by atoms with van der Waals surface area (Å²) in [5.41, 5.74) is 1.79. The van der Waals surface area contributed by atoms with Gasteiger partial charge in [0.05, 0.1) is 0 Å². The second-order valence-corrected chi connectivity index (χ2v) is 3.95. The molecule has 3 heteroatoms. The molecule has 0 spiro atoms. The van der Waals surface area contributed by atoms with E-state index in [-0.39, 0.29) is 12.2 Å². The zero-order chi connectivity index (χ0) is 12.3. The van der Waals surface area contributed by atoms with E-state index in [2.05, 4.69) is 0 Å². The van der Waals surface area contributed by atoms with Gasteiger partial charge in [-0.05, 0) is 30.2 Å². The molecule has 0 bridgehead atoms. The number of benzene rings is 1. The van der Waals surface area contributed by atoms with Crippen molar-refractivity contribution in [1.82, 2.24) is 0 Å². The maximum Gasteiger partial charge on any atom is 0.221 e. The van der Waals surface area contributed by atoms with E-state index in [1.54, 1.807) is 24.3 Å². The third-order valence-electron chi connectivity index (χ3n) is 2.59. The minimum absolute atomic E-state index is 0.142. The Kier molecular flexibility index (Phi) is 3.28. The maximum atomic E-state index is 12.7. The van der Waals surface area contributed by atoms with Crippen molar-refractivity contribution in [3.8, 4) is 0 Å². The van der Waals surface area contributed by atoms with Crippen LogP contribution in [0.3, 0.4) is 0 Å². The molecule has 0 aromatic heterocycles. The average Bonchev–Trinajstić information content (AvgIpc) is 2.45. The molecule has 2 nitrogen and oxygen atoms in total. The largest absolute Gasteiger partial charge is 0.290 e. The molecule has 0 saturated heterocycles. The molecule has 0 amide bonds. The second-order valence-electron chi connectivity index (χ2n) is 3.95. The topological polar surface area (TPSA) is 34.1 Å². The number of ketones is 2. The number of halogens is 1. The summed E-state index contributed by atoms with van der Waals surface area (Å²) >= 11 is 0. The highest BCUT2D eigenvalue weighted by molar-refractivity contribution is 6.42. The highest BCUT2D eigenvalue weighted by atomic mass is 19.1. The SMILES string of the molecule is O=C1C=CC=C(Cc2ccc(F)cc2)CC1=O. The Labute approximate surface area is 98.5 Å². The van der Waals surface area contributed by atoms with Crippen LogP contribution in [0, 0.1) is 5.82 Å². The van der Waals surface area contributed by atoms with Gasteiger partial charge in [-0.1, -0.05) is 29.9 Å².